The molecule has 1 saturated heterocycles. The van der Waals surface area contributed by atoms with Crippen molar-refractivity contribution in [3.8, 4) is 0 Å². The smallest absolute Gasteiger partial charge is 0.314 e. The number of nitrogens with one attached hydrogen (secondary N) is 21. The molecule has 0 bridgehead atoms. The number of H-pyrrole nitrogens is 3. The molecule has 728 valence electrons. The third kappa shape index (κ3) is 37.8. The molecule has 0 saturated carbocycles. The van der Waals surface area contributed by atoms with Gasteiger partial charge in [-0.05, 0) is 80.5 Å². The van der Waals surface area contributed by atoms with E-state index in [1.165, 1.54) is 19.4 Å². The topological polar surface area (TPSA) is 705 Å². The van der Waals surface area contributed by atoms with Gasteiger partial charge in [-0.1, -0.05) is 106 Å². The lowest BCUT2D eigenvalue weighted by Crippen LogP contribution is -2.61. The summed E-state index contributed by atoms with van der Waals surface area (Å²) in [6.45, 7) is 13.1. The van der Waals surface area contributed by atoms with Crippen LogP contribution in [0.3, 0.4) is 0 Å². The molecule has 13 atom stereocenters. The van der Waals surface area contributed by atoms with Gasteiger partial charge in [-0.25, -0.2) is 9.78 Å². The zero-order valence-electron chi connectivity index (χ0n) is 75.4. The number of carbonyl (C=O) groups excluding carboxylic acids is 18. The van der Waals surface area contributed by atoms with Gasteiger partial charge in [0.15, 0.2) is 0 Å². The molecule has 6 rings (SSSR count). The number of carbonyl (C=O) groups is 20. The number of para-hydroxylation sites is 2. The van der Waals surface area contributed by atoms with E-state index in [0.717, 1.165) is 24.1 Å². The zero-order chi connectivity index (χ0) is 98.1. The molecule has 1 unspecified atom stereocenters. The highest BCUT2D eigenvalue weighted by Crippen LogP contribution is 2.26. The maximum Gasteiger partial charge on any atom is 0.314 e. The number of carboxylic acids is 2. The van der Waals surface area contributed by atoms with Crippen molar-refractivity contribution in [3.05, 3.63) is 90.3 Å². The van der Waals surface area contributed by atoms with E-state index in [1.807, 2.05) is 6.92 Å². The maximum absolute atomic E-state index is 15.3. The number of nitrogens with zero attached hydrogens (tertiary/aromatic N) is 1. The van der Waals surface area contributed by atoms with Crippen molar-refractivity contribution < 1.29 is 111 Å². The van der Waals surface area contributed by atoms with E-state index in [9.17, 15) is 92.0 Å². The van der Waals surface area contributed by atoms with Gasteiger partial charge in [-0.15, -0.1) is 0 Å². The van der Waals surface area contributed by atoms with Gasteiger partial charge in [0.1, 0.15) is 72.5 Å². The second-order valence-electron chi connectivity index (χ2n) is 33.0. The molecular formula is C85H123N23O23S2. The summed E-state index contributed by atoms with van der Waals surface area (Å²) in [5.41, 5.74) is 7.99. The van der Waals surface area contributed by atoms with Crippen LogP contribution in [0, 0.1) is 17.8 Å². The van der Waals surface area contributed by atoms with Crippen molar-refractivity contribution in [2.75, 3.05) is 50.8 Å². The van der Waals surface area contributed by atoms with Crippen LogP contribution >= 0.6 is 21.6 Å². The Morgan fingerprint density at radius 1 is 0.504 bits per heavy atom. The average Bonchev–Trinajstić information content (AvgIpc) is 1.68. The Morgan fingerprint density at radius 3 is 1.50 bits per heavy atom. The molecule has 0 spiro atoms. The van der Waals surface area contributed by atoms with Gasteiger partial charge in [-0.3, -0.25) is 91.1 Å². The molecule has 0 aliphatic carbocycles. The Labute approximate surface area is 773 Å². The van der Waals surface area contributed by atoms with Crippen molar-refractivity contribution in [2.24, 2.45) is 23.5 Å². The number of rotatable bonds is 37. The van der Waals surface area contributed by atoms with Crippen molar-refractivity contribution in [1.82, 2.24) is 116 Å². The molecule has 5 aromatic rings. The van der Waals surface area contributed by atoms with Gasteiger partial charge >= 0.3 is 18.0 Å². The molecule has 133 heavy (non-hydrogen) atoms. The van der Waals surface area contributed by atoms with E-state index in [4.69, 9.17) is 5.73 Å². The van der Waals surface area contributed by atoms with Crippen LogP contribution < -0.4 is 101 Å². The van der Waals surface area contributed by atoms with E-state index in [2.05, 4.69) is 116 Å². The van der Waals surface area contributed by atoms with Crippen LogP contribution in [0.15, 0.2) is 73.4 Å². The number of aliphatic carboxylic acids is 2. The maximum atomic E-state index is 15.3. The molecule has 48 heteroatoms. The van der Waals surface area contributed by atoms with Crippen molar-refractivity contribution in [3.63, 3.8) is 0 Å². The Hall–Kier alpha value is -13.4. The Kier molecular flexibility index (Phi) is 44.8. The summed E-state index contributed by atoms with van der Waals surface area (Å²) in [6.07, 6.45) is 0.142. The van der Waals surface area contributed by atoms with E-state index in [-0.39, 0.29) is 88.5 Å². The van der Waals surface area contributed by atoms with Crippen molar-refractivity contribution in [2.45, 2.75) is 224 Å². The van der Waals surface area contributed by atoms with E-state index < -0.39 is 253 Å². The minimum Gasteiger partial charge on any atom is -0.481 e. The summed E-state index contributed by atoms with van der Waals surface area (Å²) >= 11 is 0. The average molecular weight is 1900 g/mol. The fourth-order valence-corrected chi connectivity index (χ4v) is 15.9. The second kappa shape index (κ2) is 55.1. The number of benzene rings is 2. The number of urea groups is 1. The number of nitrogens with two attached hydrogens (primary N) is 1. The highest BCUT2D eigenvalue weighted by Gasteiger charge is 2.39. The summed E-state index contributed by atoms with van der Waals surface area (Å²) in [7, 11) is 1.42. The summed E-state index contributed by atoms with van der Waals surface area (Å²) in [5.74, 6) is -22.4. The van der Waals surface area contributed by atoms with E-state index in [0.29, 0.717) is 50.3 Å². The fourth-order valence-electron chi connectivity index (χ4n) is 13.6. The number of aromatic amines is 3. The highest BCUT2D eigenvalue weighted by molar-refractivity contribution is 8.76. The first-order chi connectivity index (χ1) is 63.1. The largest absolute Gasteiger partial charge is 0.481 e. The molecule has 19 amide bonds. The number of hydrogen-bond donors (Lipinski definition) is 25. The van der Waals surface area contributed by atoms with Crippen molar-refractivity contribution >= 4 is 162 Å². The standard InChI is InChI=1S/C85H123N23O23S2/c1-10-25-91-85(131)92-29-23-66(112)89-27-21-64(110)88-26-22-65(111)90-28-24-67(113)99-61(35-70(117)118)80(126)105-62-40-132-133-41-63(83(129)108-72(47(9)109)73(86)119)106-78(124)59(33-49-37-94-54-18-14-12-16-52(49)54)104-84(130)71(45(6)7)107-81(127)57(31-44(4)5)102-76(122)55(19-20-69(115)116)98-68(114)39-95-75(121)56(30-43(2)3)101-79(125)60(34-50-38-87-42-96-50)103-77(123)58(100-74(120)46(8)97-82(62)128)32-48-36-93-53-17-13-11-15-51(48)53/h11-18,36-38,42-47,55-63,71-72,93-94,109H,10,19-35,39-41H2,1-9H3,(H2,86,119)(H,87,96)(H,88,110)(H,89,112)(H,90,111)(H,95,121)(H,97,128)(H,98,114)(H,99,113)(H,100,120)(H,101,125)(H,102,122)(H,103,123)(H,104,130)(H,105,126)(H,106,124)(H,107,127)(H,108,129)(H,115,116)(H,117,118)(H2,91,92,131)/t46-,47?,55-,56-,57-,58-,59-,60-,61-,62-,63-,71-,72-/m0/s1. The fraction of sp³-hybridized carbons (Fsp3) is 0.541. The van der Waals surface area contributed by atoms with Crippen LogP contribution in [0.2, 0.25) is 0 Å². The van der Waals surface area contributed by atoms with Crippen LogP contribution in [-0.2, 0) is 110 Å². The molecule has 46 nitrogen and oxygen atoms in total. The lowest BCUT2D eigenvalue weighted by Gasteiger charge is -2.29. The second-order valence-corrected chi connectivity index (χ2v) is 35.5. The molecule has 26 N–H and O–H groups in total. The number of aromatic nitrogens is 4. The summed E-state index contributed by atoms with van der Waals surface area (Å²) < 4.78 is 0. The molecule has 0 radical (unpaired) electrons. The number of primary amides is 1. The third-order valence-corrected chi connectivity index (χ3v) is 23.0. The van der Waals surface area contributed by atoms with E-state index >= 15 is 19.2 Å². The van der Waals surface area contributed by atoms with Gasteiger partial charge in [0.05, 0.1) is 25.4 Å². The summed E-state index contributed by atoms with van der Waals surface area (Å²) in [5, 5.41) is 77.3. The van der Waals surface area contributed by atoms with Crippen molar-refractivity contribution in [1.29, 1.82) is 0 Å². The van der Waals surface area contributed by atoms with Crippen LogP contribution in [0.5, 0.6) is 0 Å². The minimum absolute atomic E-state index is 0.0488. The SMILES string of the molecule is CCCNC(=O)NCCC(=O)NCCC(=O)NCCC(=O)NCCC(=O)N[C@@H](CC(=O)O)C(=O)N[C@H]1CSSC[C@@H](C(=O)N[C@H](C(N)=O)C(C)O)NC(=O)[C@H](Cc2c[nH]c3ccccc23)NC(=O)[C@H](C(C)C)NC(=O)[C@H](CC(C)C)NC(=O)[C@H](CCC(=O)O)NC(=O)CNC(=O)[C@H](CC(C)C)NC(=O)[C@H](Cc2cnc[nH]2)NC(=O)[C@H](Cc2c[nH]c3ccccc23)NC(=O)[C@H](C)NC1=O. The number of hydrogen-bond acceptors (Lipinski definition) is 24. The van der Waals surface area contributed by atoms with Gasteiger partial charge in [0.25, 0.3) is 0 Å². The van der Waals surface area contributed by atoms with Gasteiger partial charge in [-0.2, -0.15) is 0 Å². The first-order valence-corrected chi connectivity index (χ1v) is 46.0. The lowest BCUT2D eigenvalue weighted by molar-refractivity contribution is -0.141. The van der Waals surface area contributed by atoms with Gasteiger partial charge in [0.2, 0.25) is 100 Å². The molecule has 4 heterocycles. The first kappa shape index (κ1) is 108. The minimum atomic E-state index is -1.99. The molecule has 3 aromatic heterocycles. The quantitative estimate of drug-likeness (QED) is 0.0170. The molecule has 1 aliphatic heterocycles. The molecule has 1 aliphatic rings. The van der Waals surface area contributed by atoms with Crippen LogP contribution in [0.1, 0.15) is 143 Å². The number of imidazole rings is 1. The number of aliphatic hydroxyl groups excluding tert-OH is 1. The highest BCUT2D eigenvalue weighted by atomic mass is 33.1. The number of aliphatic hydroxyl groups is 1. The first-order valence-electron chi connectivity index (χ1n) is 43.5. The predicted molar refractivity (Wildman–Crippen MR) is 486 cm³/mol. The summed E-state index contributed by atoms with van der Waals surface area (Å²) in [4.78, 5) is 290. The lowest BCUT2D eigenvalue weighted by atomic mass is 9.98. The summed E-state index contributed by atoms with van der Waals surface area (Å²) in [6, 6.07) is -7.04. The van der Waals surface area contributed by atoms with Gasteiger partial charge in [0, 0.05) is 142 Å². The number of amides is 19. The Balaban J connectivity index is 1.39. The molecule has 2 aromatic carbocycles. The van der Waals surface area contributed by atoms with Crippen LogP contribution in [0.25, 0.3) is 21.8 Å². The van der Waals surface area contributed by atoms with Crippen LogP contribution in [-0.4, -0.2) is 283 Å². The molecular weight excluding hydrogens is 1780 g/mol. The predicted octanol–water partition coefficient (Wildman–Crippen LogP) is -3.68. The number of carboxylic acid groups (broad SMARTS) is 2. The zero-order valence-corrected chi connectivity index (χ0v) is 77.0. The molecule has 1 fully saturated rings. The van der Waals surface area contributed by atoms with E-state index in [1.54, 1.807) is 102 Å². The normalized spacial score (nSPS) is 20.7. The number of fused-ring (bicyclic) bond motifs is 2. The van der Waals surface area contributed by atoms with Crippen LogP contribution in [0.4, 0.5) is 4.79 Å². The third-order valence-electron chi connectivity index (χ3n) is 20.6. The Morgan fingerprint density at radius 2 is 0.985 bits per heavy atom. The monoisotopic (exact) mass is 1900 g/mol. The Bertz CT molecular complexity index is 4890. The van der Waals surface area contributed by atoms with Gasteiger partial charge < -0.3 is 132 Å².